The Kier molecular flexibility index (Phi) is 3.41. The van der Waals surface area contributed by atoms with Crippen molar-refractivity contribution in [3.8, 4) is 0 Å². The second-order valence-electron chi connectivity index (χ2n) is 4.18. The van der Waals surface area contributed by atoms with Gasteiger partial charge in [-0.2, -0.15) is 5.10 Å². The summed E-state index contributed by atoms with van der Waals surface area (Å²) in [6, 6.07) is 0. The van der Waals surface area contributed by atoms with Crippen molar-refractivity contribution in [2.24, 2.45) is 0 Å². The molecule has 2 amide bonds. The standard InChI is InChI=1S/C11H16N4O2/c12-9-7-13-14(8-9)5-6-15-10(16)3-1-2-4-11(15)17/h7-8H,1-6,12H2. The molecular formula is C11H16N4O2. The van der Waals surface area contributed by atoms with Gasteiger partial charge >= 0.3 is 0 Å². The lowest BCUT2D eigenvalue weighted by Crippen LogP contribution is -2.37. The monoisotopic (exact) mass is 236 g/mol. The minimum absolute atomic E-state index is 0.0763. The first-order valence-corrected chi connectivity index (χ1v) is 5.78. The molecule has 6 heteroatoms. The van der Waals surface area contributed by atoms with Gasteiger partial charge in [0.15, 0.2) is 0 Å². The Hall–Kier alpha value is -1.85. The highest BCUT2D eigenvalue weighted by Gasteiger charge is 2.23. The van der Waals surface area contributed by atoms with Crippen LogP contribution in [0.3, 0.4) is 0 Å². The lowest BCUT2D eigenvalue weighted by atomic mass is 10.2. The van der Waals surface area contributed by atoms with Crippen LogP contribution < -0.4 is 5.73 Å². The highest BCUT2D eigenvalue weighted by molar-refractivity contribution is 5.95. The van der Waals surface area contributed by atoms with Gasteiger partial charge < -0.3 is 5.73 Å². The largest absolute Gasteiger partial charge is 0.396 e. The Balaban J connectivity index is 1.96. The number of likely N-dealkylation sites (tertiary alicyclic amines) is 1. The molecule has 1 aromatic rings. The molecule has 1 saturated heterocycles. The van der Waals surface area contributed by atoms with Crippen LogP contribution >= 0.6 is 0 Å². The number of nitrogens with zero attached hydrogens (tertiary/aromatic N) is 3. The summed E-state index contributed by atoms with van der Waals surface area (Å²) in [5.41, 5.74) is 6.12. The third-order valence-electron chi connectivity index (χ3n) is 2.84. The van der Waals surface area contributed by atoms with Crippen LogP contribution in [-0.4, -0.2) is 33.0 Å². The molecule has 17 heavy (non-hydrogen) atoms. The molecule has 0 aromatic carbocycles. The molecule has 1 aromatic heterocycles. The lowest BCUT2D eigenvalue weighted by Gasteiger charge is -2.18. The van der Waals surface area contributed by atoms with Crippen LogP contribution in [0.15, 0.2) is 12.4 Å². The molecule has 0 aliphatic carbocycles. The number of aromatic nitrogens is 2. The second kappa shape index (κ2) is 4.99. The molecule has 0 unspecified atom stereocenters. The van der Waals surface area contributed by atoms with Gasteiger partial charge in [-0.15, -0.1) is 0 Å². The van der Waals surface area contributed by atoms with Gasteiger partial charge in [-0.25, -0.2) is 0 Å². The minimum Gasteiger partial charge on any atom is -0.396 e. The van der Waals surface area contributed by atoms with Crippen molar-refractivity contribution < 1.29 is 9.59 Å². The van der Waals surface area contributed by atoms with E-state index in [1.807, 2.05) is 0 Å². The maximum Gasteiger partial charge on any atom is 0.229 e. The minimum atomic E-state index is -0.0763. The lowest BCUT2D eigenvalue weighted by molar-refractivity contribution is -0.143. The predicted octanol–water partition coefficient (Wildman–Crippen LogP) is 0.394. The Morgan fingerprint density at radius 3 is 2.35 bits per heavy atom. The van der Waals surface area contributed by atoms with E-state index in [1.54, 1.807) is 17.1 Å². The van der Waals surface area contributed by atoms with Crippen molar-refractivity contribution in [1.29, 1.82) is 0 Å². The number of hydrogen-bond donors (Lipinski definition) is 1. The zero-order chi connectivity index (χ0) is 12.3. The van der Waals surface area contributed by atoms with Crippen LogP contribution in [0.5, 0.6) is 0 Å². The van der Waals surface area contributed by atoms with E-state index in [0.29, 0.717) is 31.6 Å². The number of amides is 2. The Morgan fingerprint density at radius 2 is 1.82 bits per heavy atom. The van der Waals surface area contributed by atoms with Gasteiger partial charge in [0.1, 0.15) is 0 Å². The Labute approximate surface area is 99.4 Å². The van der Waals surface area contributed by atoms with Gasteiger partial charge in [-0.1, -0.05) is 0 Å². The van der Waals surface area contributed by atoms with Gasteiger partial charge in [0, 0.05) is 25.6 Å². The van der Waals surface area contributed by atoms with E-state index >= 15 is 0 Å². The van der Waals surface area contributed by atoms with E-state index in [9.17, 15) is 9.59 Å². The topological polar surface area (TPSA) is 81.2 Å². The number of anilines is 1. The van der Waals surface area contributed by atoms with Crippen LogP contribution in [0.1, 0.15) is 25.7 Å². The summed E-state index contributed by atoms with van der Waals surface area (Å²) in [7, 11) is 0. The zero-order valence-electron chi connectivity index (χ0n) is 9.63. The molecule has 0 radical (unpaired) electrons. The first kappa shape index (κ1) is 11.6. The van der Waals surface area contributed by atoms with Crippen molar-refractivity contribution in [2.75, 3.05) is 12.3 Å². The molecular weight excluding hydrogens is 220 g/mol. The molecule has 1 fully saturated rings. The van der Waals surface area contributed by atoms with E-state index in [-0.39, 0.29) is 11.8 Å². The molecule has 2 heterocycles. The smallest absolute Gasteiger partial charge is 0.229 e. The molecule has 0 bridgehead atoms. The highest BCUT2D eigenvalue weighted by Crippen LogP contribution is 2.12. The quantitative estimate of drug-likeness (QED) is 0.770. The third kappa shape index (κ3) is 2.83. The second-order valence-corrected chi connectivity index (χ2v) is 4.18. The number of imide groups is 1. The van der Waals surface area contributed by atoms with Gasteiger partial charge in [0.05, 0.1) is 18.4 Å². The molecule has 0 spiro atoms. The van der Waals surface area contributed by atoms with Crippen LogP contribution in [-0.2, 0) is 16.1 Å². The average Bonchev–Trinajstić information content (AvgIpc) is 2.63. The fourth-order valence-electron chi connectivity index (χ4n) is 1.92. The SMILES string of the molecule is Nc1cnn(CCN2C(=O)CCCCC2=O)c1. The molecule has 1 aliphatic rings. The van der Waals surface area contributed by atoms with Crippen molar-refractivity contribution in [1.82, 2.24) is 14.7 Å². The average molecular weight is 236 g/mol. The van der Waals surface area contributed by atoms with Crippen molar-refractivity contribution >= 4 is 17.5 Å². The van der Waals surface area contributed by atoms with Crippen LogP contribution in [0.4, 0.5) is 5.69 Å². The van der Waals surface area contributed by atoms with E-state index in [0.717, 1.165) is 12.8 Å². The number of nitrogens with two attached hydrogens (primary N) is 1. The highest BCUT2D eigenvalue weighted by atomic mass is 16.2. The van der Waals surface area contributed by atoms with Crippen molar-refractivity contribution in [3.63, 3.8) is 0 Å². The van der Waals surface area contributed by atoms with Crippen molar-refractivity contribution in [2.45, 2.75) is 32.2 Å². The summed E-state index contributed by atoms with van der Waals surface area (Å²) in [6.45, 7) is 0.869. The van der Waals surface area contributed by atoms with Crippen LogP contribution in [0, 0.1) is 0 Å². The van der Waals surface area contributed by atoms with Gasteiger partial charge in [0.25, 0.3) is 0 Å². The summed E-state index contributed by atoms with van der Waals surface area (Å²) in [6.07, 6.45) is 5.77. The summed E-state index contributed by atoms with van der Waals surface area (Å²) in [4.78, 5) is 24.7. The van der Waals surface area contributed by atoms with Gasteiger partial charge in [-0.3, -0.25) is 19.2 Å². The molecule has 92 valence electrons. The summed E-state index contributed by atoms with van der Waals surface area (Å²) < 4.78 is 1.64. The Morgan fingerprint density at radius 1 is 1.18 bits per heavy atom. The first-order valence-electron chi connectivity index (χ1n) is 5.78. The molecule has 2 N–H and O–H groups in total. The van der Waals surface area contributed by atoms with Crippen LogP contribution in [0.25, 0.3) is 0 Å². The fraction of sp³-hybridized carbons (Fsp3) is 0.545. The number of carbonyl (C=O) groups excluding carboxylic acids is 2. The normalized spacial score (nSPS) is 17.3. The Bertz CT molecular complexity index is 409. The number of carbonyl (C=O) groups is 2. The van der Waals surface area contributed by atoms with E-state index < -0.39 is 0 Å². The van der Waals surface area contributed by atoms with E-state index in [4.69, 9.17) is 5.73 Å². The molecule has 0 atom stereocenters. The first-order chi connectivity index (χ1) is 8.16. The zero-order valence-corrected chi connectivity index (χ0v) is 9.63. The van der Waals surface area contributed by atoms with Gasteiger partial charge in [-0.05, 0) is 12.8 Å². The summed E-state index contributed by atoms with van der Waals surface area (Å²) in [5.74, 6) is -0.153. The van der Waals surface area contributed by atoms with Crippen molar-refractivity contribution in [3.05, 3.63) is 12.4 Å². The molecule has 2 rings (SSSR count). The van der Waals surface area contributed by atoms with Gasteiger partial charge in [0.2, 0.25) is 11.8 Å². The third-order valence-corrected chi connectivity index (χ3v) is 2.84. The van der Waals surface area contributed by atoms with E-state index in [2.05, 4.69) is 5.10 Å². The fourth-order valence-corrected chi connectivity index (χ4v) is 1.92. The number of nitrogen functional groups attached to an aromatic ring is 1. The summed E-state index contributed by atoms with van der Waals surface area (Å²) in [5, 5.41) is 4.02. The van der Waals surface area contributed by atoms with E-state index in [1.165, 1.54) is 4.90 Å². The molecule has 0 saturated carbocycles. The predicted molar refractivity (Wildman–Crippen MR) is 61.8 cm³/mol. The molecule has 6 nitrogen and oxygen atoms in total. The number of rotatable bonds is 3. The number of hydrogen-bond acceptors (Lipinski definition) is 4. The maximum absolute atomic E-state index is 11.7. The molecule has 1 aliphatic heterocycles. The maximum atomic E-state index is 11.7. The summed E-state index contributed by atoms with van der Waals surface area (Å²) >= 11 is 0. The van der Waals surface area contributed by atoms with Crippen LogP contribution in [0.2, 0.25) is 0 Å².